The normalized spacial score (nSPS) is 11.2. The van der Waals surface area contributed by atoms with Crippen LogP contribution in [0.15, 0.2) is 60.7 Å². The van der Waals surface area contributed by atoms with Crippen molar-refractivity contribution in [3.05, 3.63) is 66.4 Å². The zero-order valence-electron chi connectivity index (χ0n) is 12.6. The maximum atomic E-state index is 5.49. The molecule has 108 valence electrons. The van der Waals surface area contributed by atoms with Crippen molar-refractivity contribution in [3.63, 3.8) is 0 Å². The van der Waals surface area contributed by atoms with Crippen molar-refractivity contribution in [2.75, 3.05) is 7.11 Å². The molecule has 0 radical (unpaired) electrons. The summed E-state index contributed by atoms with van der Waals surface area (Å²) >= 11 is 0. The number of methoxy groups -OCH3 is 1. The Hall–Kier alpha value is -2.81. The van der Waals surface area contributed by atoms with Crippen LogP contribution in [0.2, 0.25) is 0 Å². The number of nitrogens with zero attached hydrogens (tertiary/aromatic N) is 2. The lowest BCUT2D eigenvalue weighted by Gasteiger charge is -2.08. The molecule has 2 aliphatic carbocycles. The summed E-state index contributed by atoms with van der Waals surface area (Å²) in [6.45, 7) is 2.06. The van der Waals surface area contributed by atoms with Crippen LogP contribution in [-0.4, -0.2) is 16.9 Å². The summed E-state index contributed by atoms with van der Waals surface area (Å²) in [6, 6.07) is 20.6. The van der Waals surface area contributed by atoms with Gasteiger partial charge in [0, 0.05) is 5.39 Å². The molecule has 2 aliphatic rings. The van der Waals surface area contributed by atoms with E-state index in [0.29, 0.717) is 0 Å². The number of hydrogen-bond acceptors (Lipinski definition) is 2. The minimum Gasteiger partial charge on any atom is -0.494 e. The molecule has 3 nitrogen and oxygen atoms in total. The van der Waals surface area contributed by atoms with Crippen LogP contribution in [0.5, 0.6) is 5.75 Å². The van der Waals surface area contributed by atoms with Gasteiger partial charge in [0.25, 0.3) is 0 Å². The van der Waals surface area contributed by atoms with Crippen molar-refractivity contribution in [2.24, 2.45) is 0 Å². The Balaban J connectivity index is 2.08. The maximum Gasteiger partial charge on any atom is 0.144 e. The van der Waals surface area contributed by atoms with Crippen LogP contribution in [0.3, 0.4) is 0 Å². The Kier molecular flexibility index (Phi) is 2.86. The summed E-state index contributed by atoms with van der Waals surface area (Å²) in [5.74, 6) is 0.822. The lowest BCUT2D eigenvalue weighted by Crippen LogP contribution is -1.99. The van der Waals surface area contributed by atoms with E-state index in [1.54, 1.807) is 7.11 Å². The smallest absolute Gasteiger partial charge is 0.144 e. The van der Waals surface area contributed by atoms with Crippen LogP contribution in [0.4, 0.5) is 0 Å². The third kappa shape index (κ3) is 1.79. The van der Waals surface area contributed by atoms with Gasteiger partial charge in [-0.3, -0.25) is 0 Å². The number of hydrogen-bond donors (Lipinski definition) is 0. The van der Waals surface area contributed by atoms with Crippen LogP contribution in [0.25, 0.3) is 27.7 Å². The molecule has 0 amide bonds. The van der Waals surface area contributed by atoms with Crippen LogP contribution in [0.1, 0.15) is 5.69 Å². The zero-order valence-corrected chi connectivity index (χ0v) is 12.6. The summed E-state index contributed by atoms with van der Waals surface area (Å²) in [4.78, 5) is 0. The Bertz CT molecular complexity index is 939. The number of rotatable bonds is 2. The first-order chi connectivity index (χ1) is 10.8. The molecule has 1 aromatic heterocycles. The van der Waals surface area contributed by atoms with E-state index < -0.39 is 0 Å². The Morgan fingerprint density at radius 3 is 2.59 bits per heavy atom. The number of fused-ring (bicyclic) bond motifs is 3. The highest BCUT2D eigenvalue weighted by molar-refractivity contribution is 6.02. The van der Waals surface area contributed by atoms with E-state index in [9.17, 15) is 0 Å². The van der Waals surface area contributed by atoms with Gasteiger partial charge in [-0.1, -0.05) is 42.5 Å². The summed E-state index contributed by atoms with van der Waals surface area (Å²) < 4.78 is 7.46. The van der Waals surface area contributed by atoms with Gasteiger partial charge in [0.1, 0.15) is 11.4 Å². The van der Waals surface area contributed by atoms with Crippen molar-refractivity contribution in [2.45, 2.75) is 6.92 Å². The largest absolute Gasteiger partial charge is 0.494 e. The van der Waals surface area contributed by atoms with E-state index in [1.807, 2.05) is 35.0 Å². The molecule has 0 bridgehead atoms. The molecule has 0 unspecified atom stereocenters. The molecule has 22 heavy (non-hydrogen) atoms. The fraction of sp³-hybridized carbons (Fsp3) is 0.105. The molecule has 0 N–H and O–H groups in total. The van der Waals surface area contributed by atoms with E-state index in [1.165, 1.54) is 16.5 Å². The van der Waals surface area contributed by atoms with Gasteiger partial charge in [-0.2, -0.15) is 5.10 Å². The molecule has 0 fully saturated rings. The van der Waals surface area contributed by atoms with Gasteiger partial charge in [-0.15, -0.1) is 0 Å². The Labute approximate surface area is 129 Å². The lowest BCUT2D eigenvalue weighted by molar-refractivity contribution is 0.412. The molecule has 0 saturated heterocycles. The molecule has 4 rings (SSSR count). The summed E-state index contributed by atoms with van der Waals surface area (Å²) in [5, 5.41) is 5.94. The average molecular weight is 288 g/mol. The second-order valence-electron chi connectivity index (χ2n) is 5.35. The first-order valence-corrected chi connectivity index (χ1v) is 7.30. The van der Waals surface area contributed by atoms with Gasteiger partial charge in [0.05, 0.1) is 18.3 Å². The van der Waals surface area contributed by atoms with E-state index in [0.717, 1.165) is 22.6 Å². The highest BCUT2D eigenvalue weighted by Crippen LogP contribution is 2.37. The zero-order chi connectivity index (χ0) is 15.1. The predicted molar refractivity (Wildman–Crippen MR) is 89.0 cm³/mol. The number of benzene rings is 1. The molecule has 0 spiro atoms. The summed E-state index contributed by atoms with van der Waals surface area (Å²) in [6.07, 6.45) is 0. The number of ether oxygens (including phenoxy) is 1. The van der Waals surface area contributed by atoms with Crippen molar-refractivity contribution < 1.29 is 4.74 Å². The van der Waals surface area contributed by atoms with Gasteiger partial charge in [0.15, 0.2) is 0 Å². The van der Waals surface area contributed by atoms with E-state index >= 15 is 0 Å². The van der Waals surface area contributed by atoms with Crippen molar-refractivity contribution >= 4 is 10.9 Å². The second kappa shape index (κ2) is 4.88. The molecule has 1 heterocycles. The second-order valence-corrected chi connectivity index (χ2v) is 5.35. The van der Waals surface area contributed by atoms with Crippen LogP contribution in [0, 0.1) is 6.92 Å². The van der Waals surface area contributed by atoms with Gasteiger partial charge in [-0.05, 0) is 36.2 Å². The monoisotopic (exact) mass is 288 g/mol. The van der Waals surface area contributed by atoms with E-state index in [-0.39, 0.29) is 0 Å². The molecule has 0 aliphatic heterocycles. The third-order valence-corrected chi connectivity index (χ3v) is 4.04. The highest BCUT2D eigenvalue weighted by atomic mass is 16.5. The number of aryl methyl sites for hydroxylation is 1. The molecule has 3 heteroatoms. The maximum absolute atomic E-state index is 5.49. The fourth-order valence-electron chi connectivity index (χ4n) is 3.06. The molecule has 0 saturated carbocycles. The number of aromatic nitrogens is 2. The van der Waals surface area contributed by atoms with Gasteiger partial charge in [-0.25, -0.2) is 4.68 Å². The average Bonchev–Trinajstić information content (AvgIpc) is 2.96. The SMILES string of the molecule is COc1ccccc1-n1nc(C)c2c3cccccc-3cc21. The van der Waals surface area contributed by atoms with Crippen molar-refractivity contribution in [1.29, 1.82) is 0 Å². The Morgan fingerprint density at radius 1 is 0.955 bits per heavy atom. The van der Waals surface area contributed by atoms with Gasteiger partial charge >= 0.3 is 0 Å². The molecule has 0 atom stereocenters. The molecular formula is C19H16N2O. The Morgan fingerprint density at radius 2 is 1.73 bits per heavy atom. The van der Waals surface area contributed by atoms with Crippen LogP contribution < -0.4 is 4.74 Å². The summed E-state index contributed by atoms with van der Waals surface area (Å²) in [5.41, 5.74) is 5.57. The summed E-state index contributed by atoms with van der Waals surface area (Å²) in [7, 11) is 1.69. The van der Waals surface area contributed by atoms with Crippen molar-refractivity contribution in [3.8, 4) is 22.6 Å². The first-order valence-electron chi connectivity index (χ1n) is 7.30. The molecule has 1 aromatic carbocycles. The van der Waals surface area contributed by atoms with E-state index in [2.05, 4.69) is 37.3 Å². The standard InChI is InChI=1S/C19H16N2O/c1-13-19-15-9-5-3-4-8-14(15)12-17(19)21(20-13)16-10-6-7-11-18(16)22-2/h3-12H,1-2H3. The predicted octanol–water partition coefficient (Wildman–Crippen LogP) is 4.45. The van der Waals surface area contributed by atoms with Crippen LogP contribution >= 0.6 is 0 Å². The van der Waals surface area contributed by atoms with Gasteiger partial charge < -0.3 is 4.74 Å². The number of para-hydroxylation sites is 2. The van der Waals surface area contributed by atoms with E-state index in [4.69, 9.17) is 9.84 Å². The molecule has 2 aromatic rings. The quantitative estimate of drug-likeness (QED) is 0.545. The minimum absolute atomic E-state index is 0.822. The van der Waals surface area contributed by atoms with Gasteiger partial charge in [0.2, 0.25) is 0 Å². The lowest BCUT2D eigenvalue weighted by atomic mass is 10.1. The molecular weight excluding hydrogens is 272 g/mol. The highest BCUT2D eigenvalue weighted by Gasteiger charge is 2.18. The third-order valence-electron chi connectivity index (χ3n) is 4.04. The van der Waals surface area contributed by atoms with Crippen LogP contribution in [-0.2, 0) is 0 Å². The fourth-order valence-corrected chi connectivity index (χ4v) is 3.06. The topological polar surface area (TPSA) is 27.1 Å². The van der Waals surface area contributed by atoms with Crippen molar-refractivity contribution in [1.82, 2.24) is 9.78 Å². The minimum atomic E-state index is 0.822. The first kappa shape index (κ1) is 12.9.